The number of carbonyl (C=O) groups is 1. The van der Waals surface area contributed by atoms with Crippen LogP contribution in [-0.2, 0) is 5.41 Å². The van der Waals surface area contributed by atoms with E-state index in [1.54, 1.807) is 5.38 Å². The third kappa shape index (κ3) is 3.14. The van der Waals surface area contributed by atoms with Gasteiger partial charge in [-0.2, -0.15) is 0 Å². The highest BCUT2D eigenvalue weighted by Gasteiger charge is 2.17. The molecule has 2 N–H and O–H groups in total. The summed E-state index contributed by atoms with van der Waals surface area (Å²) in [6, 6.07) is 7.62. The summed E-state index contributed by atoms with van der Waals surface area (Å²) in [6.07, 6.45) is 0. The molecule has 1 unspecified atom stereocenters. The van der Waals surface area contributed by atoms with E-state index in [4.69, 9.17) is 5.73 Å². The lowest BCUT2D eigenvalue weighted by atomic mass is 9.86. The van der Waals surface area contributed by atoms with Gasteiger partial charge in [0.25, 0.3) is 0 Å². The Morgan fingerprint density at radius 2 is 1.85 bits per heavy atom. The van der Waals surface area contributed by atoms with Gasteiger partial charge in [-0.3, -0.25) is 4.79 Å². The van der Waals surface area contributed by atoms with Gasteiger partial charge in [0.05, 0.1) is 6.04 Å². The van der Waals surface area contributed by atoms with E-state index >= 15 is 0 Å². The quantitative estimate of drug-likeness (QED) is 0.876. The van der Waals surface area contributed by atoms with Crippen LogP contribution >= 0.6 is 11.3 Å². The van der Waals surface area contributed by atoms with Crippen LogP contribution in [0.15, 0.2) is 29.6 Å². The van der Waals surface area contributed by atoms with E-state index in [0.717, 1.165) is 5.01 Å². The minimum atomic E-state index is -0.134. The van der Waals surface area contributed by atoms with Crippen LogP contribution in [0.5, 0.6) is 0 Å². The summed E-state index contributed by atoms with van der Waals surface area (Å²) in [5, 5.41) is 2.57. The fraction of sp³-hybridized carbons (Fsp3) is 0.375. The van der Waals surface area contributed by atoms with Gasteiger partial charge in [0, 0.05) is 10.9 Å². The first-order chi connectivity index (χ1) is 9.29. The summed E-state index contributed by atoms with van der Waals surface area (Å²) in [6.45, 7) is 8.32. The molecule has 0 aliphatic rings. The van der Waals surface area contributed by atoms with Gasteiger partial charge in [0.2, 0.25) is 5.78 Å². The van der Waals surface area contributed by atoms with Gasteiger partial charge in [0.15, 0.2) is 0 Å². The molecule has 0 radical (unpaired) electrons. The monoisotopic (exact) mass is 288 g/mol. The van der Waals surface area contributed by atoms with Crippen LogP contribution in [0.1, 0.15) is 60.4 Å². The van der Waals surface area contributed by atoms with Gasteiger partial charge in [0.1, 0.15) is 10.7 Å². The molecule has 3 nitrogen and oxygen atoms in total. The fourth-order valence-corrected chi connectivity index (χ4v) is 2.63. The Morgan fingerprint density at radius 1 is 1.25 bits per heavy atom. The SMILES string of the molecule is CC(N)c1nc(C(=O)c2ccc(C(C)(C)C)cc2)cs1. The van der Waals surface area contributed by atoms with Gasteiger partial charge in [-0.25, -0.2) is 4.98 Å². The van der Waals surface area contributed by atoms with Crippen LogP contribution in [0.2, 0.25) is 0 Å². The minimum Gasteiger partial charge on any atom is -0.322 e. The highest BCUT2D eigenvalue weighted by molar-refractivity contribution is 7.09. The molecule has 4 heteroatoms. The second-order valence-corrected chi connectivity index (χ2v) is 6.91. The average Bonchev–Trinajstić information content (AvgIpc) is 2.86. The standard InChI is InChI=1S/C16H20N2OS/c1-10(17)15-18-13(9-20-15)14(19)11-5-7-12(8-6-11)16(2,3)4/h5-10H,17H2,1-4H3. The Bertz CT molecular complexity index is 606. The highest BCUT2D eigenvalue weighted by atomic mass is 32.1. The Hall–Kier alpha value is -1.52. The summed E-state index contributed by atoms with van der Waals surface area (Å²) in [4.78, 5) is 16.6. The van der Waals surface area contributed by atoms with Gasteiger partial charge >= 0.3 is 0 Å². The third-order valence-electron chi connectivity index (χ3n) is 3.16. The van der Waals surface area contributed by atoms with Crippen LogP contribution < -0.4 is 5.73 Å². The molecule has 106 valence electrons. The smallest absolute Gasteiger partial charge is 0.212 e. The molecular weight excluding hydrogens is 268 g/mol. The normalized spacial score (nSPS) is 13.2. The average molecular weight is 288 g/mol. The molecule has 2 rings (SSSR count). The number of nitrogens with zero attached hydrogens (tertiary/aromatic N) is 1. The molecular formula is C16H20N2OS. The molecule has 1 atom stereocenters. The molecule has 1 heterocycles. The number of ketones is 1. The summed E-state index contributed by atoms with van der Waals surface area (Å²) in [7, 11) is 0. The number of hydrogen-bond donors (Lipinski definition) is 1. The number of thiazole rings is 1. The molecule has 0 aliphatic heterocycles. The first kappa shape index (κ1) is 14.9. The van der Waals surface area contributed by atoms with Gasteiger partial charge in [-0.1, -0.05) is 45.0 Å². The molecule has 20 heavy (non-hydrogen) atoms. The van der Waals surface area contributed by atoms with Crippen molar-refractivity contribution in [1.29, 1.82) is 0 Å². The van der Waals surface area contributed by atoms with Crippen molar-refractivity contribution in [2.24, 2.45) is 5.73 Å². The molecule has 1 aromatic carbocycles. The van der Waals surface area contributed by atoms with Crippen molar-refractivity contribution >= 4 is 17.1 Å². The van der Waals surface area contributed by atoms with E-state index in [1.165, 1.54) is 16.9 Å². The minimum absolute atomic E-state index is 0.0476. The maximum absolute atomic E-state index is 12.3. The molecule has 0 spiro atoms. The zero-order valence-corrected chi connectivity index (χ0v) is 13.1. The summed E-state index contributed by atoms with van der Waals surface area (Å²) in [5.74, 6) is -0.0476. The fourth-order valence-electron chi connectivity index (χ4n) is 1.87. The lowest BCUT2D eigenvalue weighted by Crippen LogP contribution is -2.11. The highest BCUT2D eigenvalue weighted by Crippen LogP contribution is 2.23. The second kappa shape index (κ2) is 5.46. The summed E-state index contributed by atoms with van der Waals surface area (Å²) < 4.78 is 0. The van der Waals surface area contributed by atoms with Crippen molar-refractivity contribution in [3.05, 3.63) is 51.5 Å². The number of carbonyl (C=O) groups excluding carboxylic acids is 1. The van der Waals surface area contributed by atoms with E-state index in [9.17, 15) is 4.79 Å². The predicted molar refractivity (Wildman–Crippen MR) is 83.3 cm³/mol. The Balaban J connectivity index is 2.24. The number of hydrogen-bond acceptors (Lipinski definition) is 4. The van der Waals surface area contributed by atoms with E-state index < -0.39 is 0 Å². The van der Waals surface area contributed by atoms with E-state index in [0.29, 0.717) is 11.3 Å². The lowest BCUT2D eigenvalue weighted by Gasteiger charge is -2.18. The van der Waals surface area contributed by atoms with Crippen molar-refractivity contribution in [1.82, 2.24) is 4.98 Å². The van der Waals surface area contributed by atoms with Gasteiger partial charge in [-0.15, -0.1) is 11.3 Å². The largest absolute Gasteiger partial charge is 0.322 e. The second-order valence-electron chi connectivity index (χ2n) is 6.02. The third-order valence-corrected chi connectivity index (χ3v) is 4.20. The number of nitrogens with two attached hydrogens (primary N) is 1. The molecule has 0 aliphatic carbocycles. The van der Waals surface area contributed by atoms with Gasteiger partial charge in [-0.05, 0) is 17.9 Å². The van der Waals surface area contributed by atoms with Crippen molar-refractivity contribution in [2.45, 2.75) is 39.2 Å². The van der Waals surface area contributed by atoms with Crippen molar-refractivity contribution in [2.75, 3.05) is 0 Å². The van der Waals surface area contributed by atoms with Crippen LogP contribution in [-0.4, -0.2) is 10.8 Å². The van der Waals surface area contributed by atoms with Crippen molar-refractivity contribution in [3.63, 3.8) is 0 Å². The molecule has 0 saturated carbocycles. The van der Waals surface area contributed by atoms with Crippen LogP contribution in [0.3, 0.4) is 0 Å². The molecule has 0 fully saturated rings. The van der Waals surface area contributed by atoms with Crippen LogP contribution in [0, 0.1) is 0 Å². The summed E-state index contributed by atoms with van der Waals surface area (Å²) >= 11 is 1.43. The zero-order valence-electron chi connectivity index (χ0n) is 12.3. The Labute approximate surface area is 123 Å². The maximum atomic E-state index is 12.3. The molecule has 1 aromatic heterocycles. The van der Waals surface area contributed by atoms with Crippen molar-refractivity contribution < 1.29 is 4.79 Å². The Kier molecular flexibility index (Phi) is 4.06. The van der Waals surface area contributed by atoms with E-state index in [2.05, 4.69) is 25.8 Å². The molecule has 0 amide bonds. The number of aromatic nitrogens is 1. The van der Waals surface area contributed by atoms with E-state index in [1.807, 2.05) is 31.2 Å². The summed E-state index contributed by atoms with van der Waals surface area (Å²) in [5.41, 5.74) is 8.21. The number of benzene rings is 1. The first-order valence-corrected chi connectivity index (χ1v) is 7.53. The Morgan fingerprint density at radius 3 is 2.30 bits per heavy atom. The van der Waals surface area contributed by atoms with E-state index in [-0.39, 0.29) is 17.2 Å². The van der Waals surface area contributed by atoms with Gasteiger partial charge < -0.3 is 5.73 Å². The molecule has 0 saturated heterocycles. The topological polar surface area (TPSA) is 56.0 Å². The first-order valence-electron chi connectivity index (χ1n) is 6.65. The lowest BCUT2D eigenvalue weighted by molar-refractivity contribution is 0.103. The molecule has 0 bridgehead atoms. The maximum Gasteiger partial charge on any atom is 0.212 e. The zero-order chi connectivity index (χ0) is 14.9. The number of rotatable bonds is 3. The molecule has 2 aromatic rings. The van der Waals surface area contributed by atoms with Crippen LogP contribution in [0.25, 0.3) is 0 Å². The van der Waals surface area contributed by atoms with Crippen LogP contribution in [0.4, 0.5) is 0 Å². The van der Waals surface area contributed by atoms with Crippen molar-refractivity contribution in [3.8, 4) is 0 Å². The predicted octanol–water partition coefficient (Wildman–Crippen LogP) is 3.69.